The lowest BCUT2D eigenvalue weighted by Gasteiger charge is -2.46. The third kappa shape index (κ3) is 21.0. The van der Waals surface area contributed by atoms with Crippen LogP contribution in [0.4, 0.5) is 22.7 Å². The van der Waals surface area contributed by atoms with Crippen molar-refractivity contribution >= 4 is 111 Å². The number of fused-ring (bicyclic) bond motifs is 2. The van der Waals surface area contributed by atoms with Gasteiger partial charge in [0, 0.05) is 129 Å². The normalized spacial score (nSPS) is 19.9. The minimum atomic E-state index is -4.56. The second-order valence-corrected chi connectivity index (χ2v) is 40.9. The van der Waals surface area contributed by atoms with E-state index < -0.39 is 53.0 Å². The highest BCUT2D eigenvalue weighted by Gasteiger charge is 2.42. The Morgan fingerprint density at radius 2 is 1.20 bits per heavy atom. The van der Waals surface area contributed by atoms with Gasteiger partial charge in [-0.3, -0.25) is 34.6 Å². The number of allylic oxidation sites excluding steroid dienone is 2. The fourth-order valence-corrected chi connectivity index (χ4v) is 20.5. The second kappa shape index (κ2) is 37.2. The summed E-state index contributed by atoms with van der Waals surface area (Å²) in [6, 6.07) is 42.4. The van der Waals surface area contributed by atoms with Gasteiger partial charge >= 0.3 is 0 Å². The Balaban J connectivity index is 0.000000186. The first-order valence-corrected chi connectivity index (χ1v) is 47.0. The summed E-state index contributed by atoms with van der Waals surface area (Å²) < 4.78 is 83.3. The zero-order chi connectivity index (χ0) is 88.3. The van der Waals surface area contributed by atoms with E-state index in [-0.39, 0.29) is 73.4 Å². The molecule has 4 aromatic heterocycles. The molecule has 0 atom stereocenters. The number of hydrogen-bond acceptors (Lipinski definition) is 22. The van der Waals surface area contributed by atoms with Gasteiger partial charge in [0.15, 0.2) is 0 Å². The standard InChI is InChI=1S/C48H54ClN7O7S.C47H52ClN7O6S/c1-47(2)15-13-35(41(26-47)33-3-5-36(49)6-4-33)29-54-19-21-55(22-20-54)37-7-9-40(44(24-37)63-38-23-34-14-18-50-45(34)52-28-38)46(57)53-64(60,61)39-8-10-42(43(25-39)56(58)59)51-27-32-11-16-48(17-12-32)30-62-31-48;1-46(2)16-15-33(39(25-46)32-7-9-35(48)10-8-32)29-54-19-21-55(22-20-54)36-11-12-38(43(24-36)61-42-6-4-5-41-40(42)28-51-52-41)44(56)53-62(58,59)37-23-34(26-49)45(50-27-37)60-30-31-13-17-47(3,57)18-14-31/h3-10,14,18,23-25,28,32,51H,11-13,15-17,19-22,26-27,29-31H2,1-2H3,(H,50,52)(H,53,57);4-12,23-24,27-28,31,57H,13-22,25,29-30H2,1-3H3,(H,51,52)(H,53,56). The highest BCUT2D eigenvalue weighted by molar-refractivity contribution is 7.90. The number of aromatic nitrogens is 5. The summed E-state index contributed by atoms with van der Waals surface area (Å²) in [5, 5.41) is 45.6. The maximum Gasteiger partial charge on any atom is 0.293 e. The Morgan fingerprint density at radius 3 is 1.75 bits per heavy atom. The monoisotopic (exact) mass is 1780 g/mol. The van der Waals surface area contributed by atoms with Gasteiger partial charge < -0.3 is 44.2 Å². The van der Waals surface area contributed by atoms with Crippen molar-refractivity contribution in [1.82, 2.24) is 44.4 Å². The molecule has 3 aliphatic heterocycles. The molecule has 2 saturated carbocycles. The summed E-state index contributed by atoms with van der Waals surface area (Å²) >= 11 is 12.5. The fourth-order valence-electron chi connectivity index (χ4n) is 18.3. The van der Waals surface area contributed by atoms with Crippen LogP contribution in [0.1, 0.15) is 162 Å². The number of nitriles is 1. The average molecular weight is 1790 g/mol. The molecule has 5 fully saturated rings. The smallest absolute Gasteiger partial charge is 0.293 e. The van der Waals surface area contributed by atoms with Gasteiger partial charge in [-0.15, -0.1) is 0 Å². The van der Waals surface area contributed by atoms with Gasteiger partial charge in [-0.1, -0.05) is 92.4 Å². The summed E-state index contributed by atoms with van der Waals surface area (Å²) in [5.41, 5.74) is 11.1. The summed E-state index contributed by atoms with van der Waals surface area (Å²) in [6.45, 7) is 21.6. The van der Waals surface area contributed by atoms with Crippen LogP contribution in [-0.4, -0.2) is 171 Å². The third-order valence-electron chi connectivity index (χ3n) is 26.1. The van der Waals surface area contributed by atoms with Gasteiger partial charge in [-0.2, -0.15) is 10.4 Å². The van der Waals surface area contributed by atoms with E-state index in [4.69, 9.17) is 42.1 Å². The number of carbonyl (C=O) groups excluding carboxylic acids is 2. The number of hydrogen-bond donors (Lipinski definition) is 6. The molecule has 0 unspecified atom stereocenters. The van der Waals surface area contributed by atoms with Crippen LogP contribution in [0.25, 0.3) is 33.1 Å². The minimum absolute atomic E-state index is 0.00164. The highest BCUT2D eigenvalue weighted by Crippen LogP contribution is 2.48. The van der Waals surface area contributed by atoms with Crippen LogP contribution in [0.3, 0.4) is 0 Å². The Labute approximate surface area is 744 Å². The van der Waals surface area contributed by atoms with Crippen molar-refractivity contribution in [3.8, 4) is 34.9 Å². The Morgan fingerprint density at radius 1 is 0.635 bits per heavy atom. The Bertz CT molecular complexity index is 6070. The number of nitro benzene ring substituents is 1. The first-order valence-electron chi connectivity index (χ1n) is 43.2. The van der Waals surface area contributed by atoms with Gasteiger partial charge in [0.05, 0.1) is 75.9 Å². The zero-order valence-electron chi connectivity index (χ0n) is 71.5. The Kier molecular flexibility index (Phi) is 26.1. The molecule has 4 aliphatic carbocycles. The molecule has 27 nitrogen and oxygen atoms in total. The van der Waals surface area contributed by atoms with E-state index in [0.29, 0.717) is 47.8 Å². The first-order chi connectivity index (χ1) is 60.4. The molecule has 7 aliphatic rings. The van der Waals surface area contributed by atoms with Crippen molar-refractivity contribution in [3.05, 3.63) is 223 Å². The average Bonchev–Trinajstić information content (AvgIpc) is 1.06. The molecule has 660 valence electrons. The highest BCUT2D eigenvalue weighted by atomic mass is 35.5. The van der Waals surface area contributed by atoms with E-state index in [0.717, 1.165) is 206 Å². The maximum atomic E-state index is 14.0. The molecular formula is C95H106Cl2N14O13S2. The van der Waals surface area contributed by atoms with Gasteiger partial charge in [0.1, 0.15) is 50.9 Å². The first kappa shape index (κ1) is 88.5. The largest absolute Gasteiger partial charge is 0.476 e. The maximum absolute atomic E-state index is 14.0. The number of aliphatic hydroxyl groups is 1. The number of anilines is 3. The van der Waals surface area contributed by atoms with Gasteiger partial charge in [-0.05, 0) is 233 Å². The number of ether oxygens (including phenoxy) is 4. The van der Waals surface area contributed by atoms with Gasteiger partial charge in [0.25, 0.3) is 37.5 Å². The molecule has 0 radical (unpaired) electrons. The minimum Gasteiger partial charge on any atom is -0.476 e. The quantitative estimate of drug-likeness (QED) is 0.0229. The van der Waals surface area contributed by atoms with E-state index in [2.05, 4.69) is 111 Å². The predicted molar refractivity (Wildman–Crippen MR) is 488 cm³/mol. The summed E-state index contributed by atoms with van der Waals surface area (Å²) in [5.74, 6) is -0.244. The molecule has 31 heteroatoms. The molecule has 0 bridgehead atoms. The number of rotatable bonds is 25. The van der Waals surface area contributed by atoms with Crippen molar-refractivity contribution in [1.29, 1.82) is 5.26 Å². The number of piperazine rings is 2. The van der Waals surface area contributed by atoms with Crippen molar-refractivity contribution < 1.29 is 55.4 Å². The number of benzene rings is 6. The van der Waals surface area contributed by atoms with E-state index in [1.54, 1.807) is 60.9 Å². The Hall–Kier alpha value is -10.9. The number of sulfonamides is 2. The van der Waals surface area contributed by atoms with Crippen LogP contribution in [0, 0.1) is 49.5 Å². The molecule has 2 amide bonds. The number of aromatic amines is 2. The number of H-pyrrole nitrogens is 2. The lowest BCUT2D eigenvalue weighted by molar-refractivity contribution is -0.384. The van der Waals surface area contributed by atoms with Crippen LogP contribution in [-0.2, 0) is 24.8 Å². The number of amides is 2. The number of pyridine rings is 2. The van der Waals surface area contributed by atoms with E-state index in [1.165, 1.54) is 51.7 Å². The predicted octanol–water partition coefficient (Wildman–Crippen LogP) is 17.9. The van der Waals surface area contributed by atoms with Crippen LogP contribution >= 0.6 is 23.2 Å². The fraction of sp³-hybridized carbons (Fsp3) is 0.411. The number of halogens is 2. The SMILES string of the molecule is CC1(C)CCC(CN2CCN(c3ccc(C(=O)NS(=O)(=O)c4ccc(NCC5CCC6(CC5)COC6)c([N+](=O)[O-])c4)c(Oc4cnc5[nH]ccc5c4)c3)CC2)=C(c2ccc(Cl)cc2)C1.CC1(C)CCC(CN2CCN(c3ccc(C(=O)NS(=O)(=O)c4cnc(OCC5CCC(C)(O)CC5)c(C#N)c4)c(Oc4cccc5[nH]ncc45)c3)CC2)=C(c2ccc(Cl)cc2)C1. The van der Waals surface area contributed by atoms with Gasteiger partial charge in [-0.25, -0.2) is 36.2 Å². The van der Waals surface area contributed by atoms with Crippen molar-refractivity contribution in [2.75, 3.05) is 107 Å². The van der Waals surface area contributed by atoms with Crippen molar-refractivity contribution in [2.24, 2.45) is 28.1 Å². The molecule has 6 N–H and O–H groups in total. The van der Waals surface area contributed by atoms with Gasteiger partial charge in [0.2, 0.25) is 5.88 Å². The molecule has 10 aromatic rings. The summed E-state index contributed by atoms with van der Waals surface area (Å²) in [7, 11) is -9.05. The number of nitro groups is 1. The topological polar surface area (TPSA) is 346 Å². The van der Waals surface area contributed by atoms with Crippen molar-refractivity contribution in [2.45, 2.75) is 140 Å². The van der Waals surface area contributed by atoms with Crippen LogP contribution in [0.2, 0.25) is 10.0 Å². The molecular weight excluding hydrogens is 1680 g/mol. The molecule has 6 aromatic carbocycles. The van der Waals surface area contributed by atoms with Crippen LogP contribution in [0.15, 0.2) is 185 Å². The number of carbonyl (C=O) groups is 2. The molecule has 3 saturated heterocycles. The number of nitrogens with zero attached hydrogens (tertiary/aromatic N) is 9. The van der Waals surface area contributed by atoms with Crippen molar-refractivity contribution in [3.63, 3.8) is 0 Å². The lowest BCUT2D eigenvalue weighted by Crippen LogP contribution is -2.47. The molecule has 126 heavy (non-hydrogen) atoms. The number of nitrogens with one attached hydrogen (secondary N) is 5. The van der Waals surface area contributed by atoms with E-state index in [1.807, 2.05) is 55.5 Å². The summed E-state index contributed by atoms with van der Waals surface area (Å²) in [4.78, 5) is 59.9. The van der Waals surface area contributed by atoms with E-state index in [9.17, 15) is 46.9 Å². The van der Waals surface area contributed by atoms with Crippen LogP contribution < -0.4 is 38.8 Å². The lowest BCUT2D eigenvalue weighted by atomic mass is 9.69. The van der Waals surface area contributed by atoms with Crippen LogP contribution in [0.5, 0.6) is 28.9 Å². The summed E-state index contributed by atoms with van der Waals surface area (Å²) in [6.07, 6.45) is 19.3. The molecule has 1 spiro atoms. The van der Waals surface area contributed by atoms with E-state index >= 15 is 0 Å². The molecule has 17 rings (SSSR count). The molecule has 7 heterocycles. The third-order valence-corrected chi connectivity index (χ3v) is 29.3. The second-order valence-electron chi connectivity index (χ2n) is 36.6. The zero-order valence-corrected chi connectivity index (χ0v) is 74.6.